The van der Waals surface area contributed by atoms with Crippen LogP contribution in [-0.2, 0) is 6.18 Å². The first-order valence-electron chi connectivity index (χ1n) is 5.11. The van der Waals surface area contributed by atoms with Crippen molar-refractivity contribution in [3.63, 3.8) is 0 Å². The summed E-state index contributed by atoms with van der Waals surface area (Å²) >= 11 is 1.79. The van der Waals surface area contributed by atoms with E-state index in [1.54, 1.807) is 0 Å². The molecule has 2 rings (SSSR count). The van der Waals surface area contributed by atoms with Crippen molar-refractivity contribution in [1.29, 1.82) is 0 Å². The first kappa shape index (κ1) is 13.2. The molecule has 0 atom stereocenters. The second kappa shape index (κ2) is 5.19. The zero-order valence-corrected chi connectivity index (χ0v) is 10.9. The van der Waals surface area contributed by atoms with Gasteiger partial charge in [0.1, 0.15) is 0 Å². The number of hydrogen-bond donors (Lipinski definition) is 1. The molecule has 0 aliphatic heterocycles. The van der Waals surface area contributed by atoms with Crippen LogP contribution in [0.1, 0.15) is 18.4 Å². The van der Waals surface area contributed by atoms with E-state index in [1.165, 1.54) is 17.5 Å². The van der Waals surface area contributed by atoms with Gasteiger partial charge in [0.25, 0.3) is 0 Å². The van der Waals surface area contributed by atoms with Gasteiger partial charge in [-0.3, -0.25) is 0 Å². The van der Waals surface area contributed by atoms with E-state index in [9.17, 15) is 13.2 Å². The number of nitrogens with zero attached hydrogens (tertiary/aromatic N) is 3. The van der Waals surface area contributed by atoms with Crippen molar-refractivity contribution >= 4 is 27.8 Å². The van der Waals surface area contributed by atoms with E-state index in [0.29, 0.717) is 26.4 Å². The molecule has 0 aliphatic carbocycles. The molecule has 0 fully saturated rings. The molecule has 0 aromatic carbocycles. The number of halogens is 3. The minimum absolute atomic E-state index is 0.379. The summed E-state index contributed by atoms with van der Waals surface area (Å²) in [6, 6.07) is 0. The molecular weight excluding hydrogens is 285 g/mol. The van der Waals surface area contributed by atoms with E-state index >= 15 is 0 Å². The van der Waals surface area contributed by atoms with Gasteiger partial charge in [0.05, 0.1) is 4.88 Å². The summed E-state index contributed by atoms with van der Waals surface area (Å²) in [5, 5.41) is 10.9. The molecule has 2 aromatic heterocycles. The second-order valence-electron chi connectivity index (χ2n) is 3.37. The van der Waals surface area contributed by atoms with Crippen LogP contribution in [0.4, 0.5) is 18.3 Å². The Labute approximate surface area is 109 Å². The van der Waals surface area contributed by atoms with Crippen molar-refractivity contribution in [3.8, 4) is 9.88 Å². The zero-order chi connectivity index (χ0) is 13.2. The lowest BCUT2D eigenvalue weighted by atomic mass is 10.5. The number of nitrogens with one attached hydrogen (secondary N) is 1. The Balaban J connectivity index is 2.16. The van der Waals surface area contributed by atoms with Crippen molar-refractivity contribution in [2.45, 2.75) is 19.5 Å². The maximum absolute atomic E-state index is 12.4. The molecule has 2 heterocycles. The molecule has 0 bridgehead atoms. The van der Waals surface area contributed by atoms with Crippen molar-refractivity contribution in [2.75, 3.05) is 11.9 Å². The third kappa shape index (κ3) is 2.96. The highest BCUT2D eigenvalue weighted by atomic mass is 32.1. The zero-order valence-electron chi connectivity index (χ0n) is 9.28. The lowest BCUT2D eigenvalue weighted by molar-refractivity contribution is -0.137. The highest BCUT2D eigenvalue weighted by Gasteiger charge is 2.35. The lowest BCUT2D eigenvalue weighted by Gasteiger charge is -1.98. The van der Waals surface area contributed by atoms with Gasteiger partial charge in [-0.2, -0.15) is 13.2 Å². The molecule has 0 unspecified atom stereocenters. The van der Waals surface area contributed by atoms with Crippen LogP contribution in [0.25, 0.3) is 9.88 Å². The Kier molecular flexibility index (Phi) is 3.81. The molecule has 0 saturated carbocycles. The third-order valence-corrected chi connectivity index (χ3v) is 4.00. The van der Waals surface area contributed by atoms with E-state index in [4.69, 9.17) is 0 Å². The third-order valence-electron chi connectivity index (χ3n) is 1.91. The van der Waals surface area contributed by atoms with Gasteiger partial charge in [0.2, 0.25) is 5.13 Å². The summed E-state index contributed by atoms with van der Waals surface area (Å²) in [6.07, 6.45) is -2.29. The van der Waals surface area contributed by atoms with Gasteiger partial charge in [-0.05, 0) is 6.42 Å². The molecule has 18 heavy (non-hydrogen) atoms. The standard InChI is InChI=1S/C9H9F3N4S2/c1-2-3-13-8-16-15-6(18-8)5-4-14-7(17-5)9(10,11)12/h4H,2-3H2,1H3,(H,13,16). The molecule has 4 nitrogen and oxygen atoms in total. The van der Waals surface area contributed by atoms with E-state index in [0.717, 1.165) is 13.0 Å². The van der Waals surface area contributed by atoms with Gasteiger partial charge in [-0.25, -0.2) is 4.98 Å². The van der Waals surface area contributed by atoms with Crippen molar-refractivity contribution in [2.24, 2.45) is 0 Å². The Morgan fingerprint density at radius 1 is 1.28 bits per heavy atom. The fourth-order valence-corrected chi connectivity index (χ4v) is 2.72. The van der Waals surface area contributed by atoms with E-state index < -0.39 is 11.2 Å². The smallest absolute Gasteiger partial charge is 0.360 e. The SMILES string of the molecule is CCCNc1nnc(-c2cnc(C(F)(F)F)s2)s1. The second-order valence-corrected chi connectivity index (χ2v) is 5.37. The molecule has 9 heteroatoms. The average molecular weight is 294 g/mol. The highest BCUT2D eigenvalue weighted by molar-refractivity contribution is 7.23. The Bertz CT molecular complexity index is 520. The Hall–Kier alpha value is -1.22. The van der Waals surface area contributed by atoms with E-state index in [2.05, 4.69) is 20.5 Å². The van der Waals surface area contributed by atoms with Crippen LogP contribution in [0.3, 0.4) is 0 Å². The van der Waals surface area contributed by atoms with Gasteiger partial charge < -0.3 is 5.32 Å². The Morgan fingerprint density at radius 3 is 2.67 bits per heavy atom. The quantitative estimate of drug-likeness (QED) is 0.937. The fraction of sp³-hybridized carbons (Fsp3) is 0.444. The number of aromatic nitrogens is 3. The van der Waals surface area contributed by atoms with E-state index in [-0.39, 0.29) is 0 Å². The molecule has 0 aliphatic rings. The minimum atomic E-state index is -4.41. The highest BCUT2D eigenvalue weighted by Crippen LogP contribution is 2.37. The first-order chi connectivity index (χ1) is 8.50. The molecule has 98 valence electrons. The summed E-state index contributed by atoms with van der Waals surface area (Å²) in [7, 11) is 0. The Morgan fingerprint density at radius 2 is 2.06 bits per heavy atom. The summed E-state index contributed by atoms with van der Waals surface area (Å²) in [5.74, 6) is 0. The van der Waals surface area contributed by atoms with Crippen LogP contribution < -0.4 is 5.32 Å². The van der Waals surface area contributed by atoms with Gasteiger partial charge in [-0.1, -0.05) is 18.3 Å². The largest absolute Gasteiger partial charge is 0.443 e. The van der Waals surface area contributed by atoms with Gasteiger partial charge in [0, 0.05) is 12.7 Å². The molecular formula is C9H9F3N4S2. The van der Waals surface area contributed by atoms with Crippen molar-refractivity contribution < 1.29 is 13.2 Å². The summed E-state index contributed by atoms with van der Waals surface area (Å²) < 4.78 is 37.2. The predicted molar refractivity (Wildman–Crippen MR) is 64.8 cm³/mol. The average Bonchev–Trinajstić information content (AvgIpc) is 2.93. The van der Waals surface area contributed by atoms with Crippen LogP contribution in [-0.4, -0.2) is 21.7 Å². The van der Waals surface area contributed by atoms with Crippen LogP contribution in [0.5, 0.6) is 0 Å². The number of rotatable bonds is 4. The maximum Gasteiger partial charge on any atom is 0.443 e. The number of thiazole rings is 1. The summed E-state index contributed by atoms with van der Waals surface area (Å²) in [5.41, 5.74) is 0. The normalized spacial score (nSPS) is 11.8. The molecule has 0 amide bonds. The number of alkyl halides is 3. The van der Waals surface area contributed by atoms with Crippen LogP contribution in [0.15, 0.2) is 6.20 Å². The lowest BCUT2D eigenvalue weighted by Crippen LogP contribution is -2.02. The number of hydrogen-bond acceptors (Lipinski definition) is 6. The minimum Gasteiger partial charge on any atom is -0.360 e. The first-order valence-corrected chi connectivity index (χ1v) is 6.74. The molecule has 0 saturated heterocycles. The van der Waals surface area contributed by atoms with Crippen LogP contribution in [0.2, 0.25) is 0 Å². The van der Waals surface area contributed by atoms with Crippen molar-refractivity contribution in [1.82, 2.24) is 15.2 Å². The van der Waals surface area contributed by atoms with Crippen LogP contribution in [0, 0.1) is 0 Å². The van der Waals surface area contributed by atoms with Crippen molar-refractivity contribution in [3.05, 3.63) is 11.2 Å². The van der Waals surface area contributed by atoms with E-state index in [1.807, 2.05) is 6.92 Å². The van der Waals surface area contributed by atoms with Gasteiger partial charge >= 0.3 is 6.18 Å². The summed E-state index contributed by atoms with van der Waals surface area (Å²) in [6.45, 7) is 2.76. The molecule has 0 radical (unpaired) electrons. The number of anilines is 1. The topological polar surface area (TPSA) is 50.7 Å². The van der Waals surface area contributed by atoms with Gasteiger partial charge in [-0.15, -0.1) is 21.5 Å². The monoisotopic (exact) mass is 294 g/mol. The summed E-state index contributed by atoms with van der Waals surface area (Å²) in [4.78, 5) is 3.73. The van der Waals surface area contributed by atoms with Crippen LogP contribution >= 0.6 is 22.7 Å². The van der Waals surface area contributed by atoms with Gasteiger partial charge in [0.15, 0.2) is 10.0 Å². The maximum atomic E-state index is 12.4. The molecule has 0 spiro atoms. The molecule has 2 aromatic rings. The predicted octanol–water partition coefficient (Wildman–Crippen LogP) is 3.50. The molecule has 1 N–H and O–H groups in total. The fourth-order valence-electron chi connectivity index (χ4n) is 1.13.